The van der Waals surface area contributed by atoms with Gasteiger partial charge in [-0.15, -0.1) is 0 Å². The zero-order chi connectivity index (χ0) is 29.7. The number of alkyl halides is 3. The van der Waals surface area contributed by atoms with Crippen molar-refractivity contribution in [3.05, 3.63) is 95.8 Å². The van der Waals surface area contributed by atoms with Crippen LogP contribution in [0, 0.1) is 6.92 Å². The van der Waals surface area contributed by atoms with Crippen molar-refractivity contribution < 1.29 is 42.0 Å². The van der Waals surface area contributed by atoms with E-state index in [0.717, 1.165) is 16.9 Å². The van der Waals surface area contributed by atoms with Gasteiger partial charge in [0.15, 0.2) is 0 Å². The number of aliphatic carboxylic acids is 1. The summed E-state index contributed by atoms with van der Waals surface area (Å²) < 4.78 is 57.0. The van der Waals surface area contributed by atoms with Crippen LogP contribution in [0.4, 0.5) is 18.9 Å². The van der Waals surface area contributed by atoms with Crippen molar-refractivity contribution in [2.75, 3.05) is 5.32 Å². The Morgan fingerprint density at radius 2 is 1.65 bits per heavy atom. The minimum atomic E-state index is -5.19. The molecule has 0 saturated carbocycles. The number of aromatic nitrogens is 2. The number of nitrogens with one attached hydrogen (secondary N) is 1. The zero-order valence-electron chi connectivity index (χ0n) is 21.0. The van der Waals surface area contributed by atoms with Crippen molar-refractivity contribution in [3.63, 3.8) is 0 Å². The second kappa shape index (κ2) is 12.1. The normalized spacial score (nSPS) is 11.3. The average molecular weight is 576 g/mol. The SMILES string of the molecule is Cc1cc(C(=O)Nc2ccc(-c3ccccc3S(N)(=O)=O)cc2)n(-c2cccc(C[NH3+])c2)n1.O=C([O-])C(F)(F)F. The predicted molar refractivity (Wildman–Crippen MR) is 137 cm³/mol. The number of hydrogen-bond donors (Lipinski definition) is 3. The van der Waals surface area contributed by atoms with Crippen LogP contribution < -0.4 is 21.3 Å². The van der Waals surface area contributed by atoms with Gasteiger partial charge in [0.1, 0.15) is 11.7 Å². The maximum atomic E-state index is 13.0. The van der Waals surface area contributed by atoms with E-state index in [1.54, 1.807) is 53.2 Å². The topological polar surface area (TPSA) is 175 Å². The number of hydrogen-bond acceptors (Lipinski definition) is 6. The molecule has 0 aliphatic rings. The molecule has 14 heteroatoms. The van der Waals surface area contributed by atoms with E-state index in [4.69, 9.17) is 15.0 Å². The smallest absolute Gasteiger partial charge is 0.430 e. The summed E-state index contributed by atoms with van der Waals surface area (Å²) in [7, 11) is -3.86. The third kappa shape index (κ3) is 7.53. The molecular weight excluding hydrogens is 551 g/mol. The number of carboxylic acids is 1. The van der Waals surface area contributed by atoms with Gasteiger partial charge in [0.25, 0.3) is 5.91 Å². The molecule has 0 spiro atoms. The number of amides is 1. The van der Waals surface area contributed by atoms with E-state index >= 15 is 0 Å². The lowest BCUT2D eigenvalue weighted by Gasteiger charge is -2.11. The number of anilines is 1. The van der Waals surface area contributed by atoms with Crippen LogP contribution in [0.5, 0.6) is 0 Å². The molecule has 0 atom stereocenters. The van der Waals surface area contributed by atoms with Crippen LogP contribution >= 0.6 is 0 Å². The van der Waals surface area contributed by atoms with Gasteiger partial charge in [0.05, 0.1) is 22.8 Å². The van der Waals surface area contributed by atoms with Crippen LogP contribution in [0.1, 0.15) is 21.7 Å². The fourth-order valence-corrected chi connectivity index (χ4v) is 4.34. The van der Waals surface area contributed by atoms with E-state index in [2.05, 4.69) is 16.1 Å². The third-order valence-corrected chi connectivity index (χ3v) is 6.36. The van der Waals surface area contributed by atoms with Crippen LogP contribution in [0.3, 0.4) is 0 Å². The fraction of sp³-hybridized carbons (Fsp3) is 0.115. The first-order chi connectivity index (χ1) is 18.7. The molecule has 4 rings (SSSR count). The van der Waals surface area contributed by atoms with E-state index in [1.807, 2.05) is 31.2 Å². The molecule has 1 aromatic heterocycles. The standard InChI is InChI=1S/C24H23N5O3S.C2HF3O2/c1-16-13-22(29(28-16)20-6-4-5-17(14-20)15-25)24(30)27-19-11-9-18(10-12-19)21-7-2-3-8-23(21)33(26,31)32;3-2(4,5)1(6)7/h2-14H,15,25H2,1H3,(H,27,30)(H2,26,31,32);(H,6,7). The summed E-state index contributed by atoms with van der Waals surface area (Å²) in [6.45, 7) is 2.47. The number of carboxylic acid groups (broad SMARTS) is 1. The number of halogens is 3. The molecule has 0 unspecified atom stereocenters. The van der Waals surface area contributed by atoms with Gasteiger partial charge in [-0.3, -0.25) is 4.79 Å². The summed E-state index contributed by atoms with van der Waals surface area (Å²) in [5.41, 5.74) is 8.58. The van der Waals surface area contributed by atoms with E-state index in [-0.39, 0.29) is 10.8 Å². The van der Waals surface area contributed by atoms with Gasteiger partial charge in [-0.05, 0) is 48.9 Å². The summed E-state index contributed by atoms with van der Waals surface area (Å²) >= 11 is 0. The molecule has 10 nitrogen and oxygen atoms in total. The molecule has 0 radical (unpaired) electrons. The van der Waals surface area contributed by atoms with Crippen molar-refractivity contribution in [1.29, 1.82) is 0 Å². The Kier molecular flexibility index (Phi) is 9.09. The molecule has 0 aliphatic carbocycles. The van der Waals surface area contributed by atoms with Gasteiger partial charge in [-0.2, -0.15) is 18.3 Å². The number of carbonyl (C=O) groups excluding carboxylic acids is 2. The van der Waals surface area contributed by atoms with Crippen molar-refractivity contribution in [2.24, 2.45) is 5.14 Å². The van der Waals surface area contributed by atoms with Crippen molar-refractivity contribution in [1.82, 2.24) is 9.78 Å². The molecule has 1 amide bonds. The summed E-state index contributed by atoms with van der Waals surface area (Å²) in [6, 6.07) is 22.9. The molecule has 4 aromatic rings. The highest BCUT2D eigenvalue weighted by Gasteiger charge is 2.28. The van der Waals surface area contributed by atoms with E-state index in [0.29, 0.717) is 29.1 Å². The lowest BCUT2D eigenvalue weighted by Crippen LogP contribution is -2.47. The molecule has 3 aromatic carbocycles. The first-order valence-electron chi connectivity index (χ1n) is 11.5. The van der Waals surface area contributed by atoms with Gasteiger partial charge in [0.2, 0.25) is 10.0 Å². The maximum Gasteiger partial charge on any atom is 0.430 e. The Hall–Kier alpha value is -4.53. The largest absolute Gasteiger partial charge is 0.542 e. The first-order valence-corrected chi connectivity index (χ1v) is 13.0. The van der Waals surface area contributed by atoms with Gasteiger partial charge >= 0.3 is 6.18 Å². The highest BCUT2D eigenvalue weighted by Crippen LogP contribution is 2.28. The summed E-state index contributed by atoms with van der Waals surface area (Å²) in [5, 5.41) is 21.5. The van der Waals surface area contributed by atoms with Gasteiger partial charge in [-0.25, -0.2) is 18.2 Å². The van der Waals surface area contributed by atoms with Crippen molar-refractivity contribution in [3.8, 4) is 16.8 Å². The minimum absolute atomic E-state index is 0.0469. The lowest BCUT2D eigenvalue weighted by atomic mass is 10.1. The number of sulfonamides is 1. The molecule has 40 heavy (non-hydrogen) atoms. The molecule has 0 saturated heterocycles. The highest BCUT2D eigenvalue weighted by atomic mass is 32.2. The highest BCUT2D eigenvalue weighted by molar-refractivity contribution is 7.89. The van der Waals surface area contributed by atoms with Crippen LogP contribution in [-0.4, -0.2) is 36.3 Å². The average Bonchev–Trinajstić information content (AvgIpc) is 3.30. The van der Waals surface area contributed by atoms with Crippen molar-refractivity contribution in [2.45, 2.75) is 24.5 Å². The minimum Gasteiger partial charge on any atom is -0.542 e. The van der Waals surface area contributed by atoms with Crippen LogP contribution in [0.15, 0.2) is 83.8 Å². The monoisotopic (exact) mass is 575 g/mol. The lowest BCUT2D eigenvalue weighted by molar-refractivity contribution is -0.386. The number of aryl methyl sites for hydroxylation is 1. The Morgan fingerprint density at radius 1 is 1.02 bits per heavy atom. The van der Waals surface area contributed by atoms with E-state index in [1.165, 1.54) is 6.07 Å². The van der Waals surface area contributed by atoms with Gasteiger partial charge in [-0.1, -0.05) is 42.5 Å². The molecule has 0 bridgehead atoms. The number of rotatable bonds is 6. The predicted octanol–water partition coefficient (Wildman–Crippen LogP) is 1.79. The molecule has 0 aliphatic heterocycles. The summed E-state index contributed by atoms with van der Waals surface area (Å²) in [5.74, 6) is -3.32. The second-order valence-corrected chi connectivity index (χ2v) is 9.89. The molecular formula is C26H24F3N5O5S. The second-order valence-electron chi connectivity index (χ2n) is 8.36. The number of carbonyl (C=O) groups is 2. The first kappa shape index (κ1) is 30.0. The van der Waals surface area contributed by atoms with Crippen molar-refractivity contribution >= 4 is 27.6 Å². The molecule has 0 fully saturated rings. The van der Waals surface area contributed by atoms with E-state index < -0.39 is 22.2 Å². The summed E-state index contributed by atoms with van der Waals surface area (Å²) in [6.07, 6.45) is -5.19. The number of nitrogens with zero attached hydrogens (tertiary/aromatic N) is 2. The Bertz CT molecular complexity index is 1640. The molecule has 1 heterocycles. The Balaban J connectivity index is 0.000000559. The Labute approximate surface area is 227 Å². The Morgan fingerprint density at radius 3 is 2.23 bits per heavy atom. The number of primary sulfonamides is 1. The molecule has 210 valence electrons. The van der Waals surface area contributed by atoms with Gasteiger partial charge < -0.3 is 21.0 Å². The summed E-state index contributed by atoms with van der Waals surface area (Å²) in [4.78, 5) is 21.9. The number of benzene rings is 3. The number of nitrogens with two attached hydrogens (primary N) is 1. The van der Waals surface area contributed by atoms with Crippen LogP contribution in [0.2, 0.25) is 0 Å². The quantitative estimate of drug-likeness (QED) is 0.316. The van der Waals surface area contributed by atoms with Crippen LogP contribution in [-0.2, 0) is 21.4 Å². The zero-order valence-corrected chi connectivity index (χ0v) is 21.8. The fourth-order valence-electron chi connectivity index (χ4n) is 3.58. The maximum absolute atomic E-state index is 13.0. The van der Waals surface area contributed by atoms with Gasteiger partial charge in [0, 0.05) is 16.8 Å². The van der Waals surface area contributed by atoms with E-state index in [9.17, 15) is 26.4 Å². The molecule has 6 N–H and O–H groups in total. The third-order valence-electron chi connectivity index (χ3n) is 5.39. The van der Waals surface area contributed by atoms with Crippen LogP contribution in [0.25, 0.3) is 16.8 Å². The number of quaternary nitrogens is 1.